The van der Waals surface area contributed by atoms with E-state index in [9.17, 15) is 9.00 Å². The predicted molar refractivity (Wildman–Crippen MR) is 119 cm³/mol. The zero-order valence-electron chi connectivity index (χ0n) is 16.7. The molecule has 1 atom stereocenters. The third-order valence-corrected chi connectivity index (χ3v) is 6.00. The fourth-order valence-electron chi connectivity index (χ4n) is 2.90. The highest BCUT2D eigenvalue weighted by molar-refractivity contribution is 7.83. The van der Waals surface area contributed by atoms with Crippen molar-refractivity contribution in [2.45, 2.75) is 24.9 Å². The zero-order valence-corrected chi connectivity index (χ0v) is 18.3. The van der Waals surface area contributed by atoms with Crippen molar-refractivity contribution < 1.29 is 18.2 Å². The molecule has 0 saturated heterocycles. The van der Waals surface area contributed by atoms with Crippen molar-refractivity contribution in [3.63, 3.8) is 0 Å². The fraction of sp³-hybridized carbons (Fsp3) is 0.261. The highest BCUT2D eigenvalue weighted by Crippen LogP contribution is 2.19. The SMILES string of the molecule is CCOc1ccc(CCNC(=O)c2ccc(C[S@@](=O)Cc3ccccc3Cl)o2)cc1. The number of rotatable bonds is 10. The Labute approximate surface area is 183 Å². The molecule has 0 unspecified atom stereocenters. The molecule has 1 amide bonds. The van der Waals surface area contributed by atoms with Crippen LogP contribution in [0.3, 0.4) is 0 Å². The summed E-state index contributed by atoms with van der Waals surface area (Å²) in [6.07, 6.45) is 0.702. The smallest absolute Gasteiger partial charge is 0.287 e. The molecular weight excluding hydrogens is 422 g/mol. The number of amides is 1. The molecule has 3 rings (SSSR count). The van der Waals surface area contributed by atoms with Crippen LogP contribution in [0.4, 0.5) is 0 Å². The van der Waals surface area contributed by atoms with Gasteiger partial charge < -0.3 is 14.5 Å². The fourth-order valence-corrected chi connectivity index (χ4v) is 4.36. The van der Waals surface area contributed by atoms with Crippen molar-refractivity contribution >= 4 is 28.3 Å². The van der Waals surface area contributed by atoms with Crippen molar-refractivity contribution in [3.05, 3.63) is 88.3 Å². The second-order valence-electron chi connectivity index (χ2n) is 6.67. The molecule has 0 radical (unpaired) electrons. The number of ether oxygens (including phenoxy) is 1. The first-order chi connectivity index (χ1) is 14.5. The van der Waals surface area contributed by atoms with Gasteiger partial charge in [-0.1, -0.05) is 41.9 Å². The van der Waals surface area contributed by atoms with Gasteiger partial charge >= 0.3 is 0 Å². The number of furan rings is 1. The summed E-state index contributed by atoms with van der Waals surface area (Å²) < 4.78 is 23.4. The lowest BCUT2D eigenvalue weighted by Gasteiger charge is -2.06. The van der Waals surface area contributed by atoms with Gasteiger partial charge in [0.25, 0.3) is 5.91 Å². The van der Waals surface area contributed by atoms with Crippen molar-refractivity contribution in [2.75, 3.05) is 13.2 Å². The molecule has 30 heavy (non-hydrogen) atoms. The first-order valence-electron chi connectivity index (χ1n) is 9.72. The van der Waals surface area contributed by atoms with Gasteiger partial charge in [-0.3, -0.25) is 9.00 Å². The molecule has 7 heteroatoms. The van der Waals surface area contributed by atoms with Gasteiger partial charge in [0.2, 0.25) is 0 Å². The number of halogens is 1. The number of hydrogen-bond acceptors (Lipinski definition) is 4. The summed E-state index contributed by atoms with van der Waals surface area (Å²) >= 11 is 6.11. The Bertz CT molecular complexity index is 1000. The molecule has 2 aromatic carbocycles. The molecule has 0 saturated carbocycles. The van der Waals surface area contributed by atoms with Gasteiger partial charge in [0.15, 0.2) is 5.76 Å². The molecule has 0 aliphatic carbocycles. The van der Waals surface area contributed by atoms with Gasteiger partial charge in [0.1, 0.15) is 11.5 Å². The van der Waals surface area contributed by atoms with E-state index in [4.69, 9.17) is 20.8 Å². The molecule has 1 heterocycles. The maximum Gasteiger partial charge on any atom is 0.287 e. The van der Waals surface area contributed by atoms with E-state index in [1.54, 1.807) is 18.2 Å². The van der Waals surface area contributed by atoms with Crippen LogP contribution in [0, 0.1) is 0 Å². The summed E-state index contributed by atoms with van der Waals surface area (Å²) in [5.74, 6) is 1.84. The Balaban J connectivity index is 1.46. The first-order valence-corrected chi connectivity index (χ1v) is 11.6. The molecule has 1 aromatic heterocycles. The van der Waals surface area contributed by atoms with Crippen LogP contribution >= 0.6 is 11.6 Å². The van der Waals surface area contributed by atoms with E-state index in [1.807, 2.05) is 49.4 Å². The molecule has 0 aliphatic rings. The largest absolute Gasteiger partial charge is 0.494 e. The standard InChI is InChI=1S/C23H24ClNO4S/c1-2-28-19-9-7-17(8-10-19)13-14-25-23(26)22-12-11-20(29-22)16-30(27)15-18-5-3-4-6-21(18)24/h3-12H,2,13-16H2,1H3,(H,25,26)/t30-/m0/s1. The Hall–Kier alpha value is -2.57. The van der Waals surface area contributed by atoms with E-state index in [2.05, 4.69) is 5.32 Å². The normalized spacial score (nSPS) is 11.8. The number of nitrogens with one attached hydrogen (secondary N) is 1. The minimum atomic E-state index is -1.19. The van der Waals surface area contributed by atoms with E-state index in [-0.39, 0.29) is 17.4 Å². The molecule has 0 aliphatic heterocycles. The van der Waals surface area contributed by atoms with E-state index < -0.39 is 10.8 Å². The van der Waals surface area contributed by atoms with E-state index in [0.29, 0.717) is 36.1 Å². The summed E-state index contributed by atoms with van der Waals surface area (Å²) in [5, 5.41) is 3.44. The maximum absolute atomic E-state index is 12.4. The van der Waals surface area contributed by atoms with Crippen LogP contribution < -0.4 is 10.1 Å². The van der Waals surface area contributed by atoms with Crippen molar-refractivity contribution in [3.8, 4) is 5.75 Å². The lowest BCUT2D eigenvalue weighted by Crippen LogP contribution is -2.25. The summed E-state index contributed by atoms with van der Waals surface area (Å²) in [6.45, 7) is 3.06. The van der Waals surface area contributed by atoms with Gasteiger partial charge in [0, 0.05) is 22.4 Å². The summed E-state index contributed by atoms with van der Waals surface area (Å²) in [7, 11) is -1.19. The molecule has 5 nitrogen and oxygen atoms in total. The van der Waals surface area contributed by atoms with Crippen molar-refractivity contribution in [1.29, 1.82) is 0 Å². The zero-order chi connectivity index (χ0) is 21.3. The summed E-state index contributed by atoms with van der Waals surface area (Å²) in [4.78, 5) is 12.3. The van der Waals surface area contributed by atoms with Crippen LogP contribution in [-0.2, 0) is 28.7 Å². The van der Waals surface area contributed by atoms with Gasteiger partial charge in [-0.25, -0.2) is 0 Å². The molecule has 0 spiro atoms. The Morgan fingerprint density at radius 2 is 1.83 bits per heavy atom. The number of hydrogen-bond donors (Lipinski definition) is 1. The highest BCUT2D eigenvalue weighted by atomic mass is 35.5. The molecule has 3 aromatic rings. The van der Waals surface area contributed by atoms with Gasteiger partial charge in [-0.05, 0) is 54.8 Å². The number of benzene rings is 2. The van der Waals surface area contributed by atoms with E-state index in [0.717, 1.165) is 16.9 Å². The second kappa shape index (κ2) is 11.0. The van der Waals surface area contributed by atoms with E-state index >= 15 is 0 Å². The average molecular weight is 446 g/mol. The minimum absolute atomic E-state index is 0.214. The molecule has 0 bridgehead atoms. The molecule has 1 N–H and O–H groups in total. The van der Waals surface area contributed by atoms with Gasteiger partial charge in [-0.15, -0.1) is 0 Å². The number of carbonyl (C=O) groups is 1. The first kappa shape index (κ1) is 22.1. The van der Waals surface area contributed by atoms with Gasteiger partial charge in [-0.2, -0.15) is 0 Å². The van der Waals surface area contributed by atoms with Crippen LogP contribution in [0.1, 0.15) is 34.4 Å². The highest BCUT2D eigenvalue weighted by Gasteiger charge is 2.13. The lowest BCUT2D eigenvalue weighted by molar-refractivity contribution is 0.0925. The van der Waals surface area contributed by atoms with Crippen LogP contribution in [0.5, 0.6) is 5.75 Å². The lowest BCUT2D eigenvalue weighted by atomic mass is 10.1. The quantitative estimate of drug-likeness (QED) is 0.488. The third kappa shape index (κ3) is 6.47. The monoisotopic (exact) mass is 445 g/mol. The average Bonchev–Trinajstić information content (AvgIpc) is 3.19. The predicted octanol–water partition coefficient (Wildman–Crippen LogP) is 4.75. The van der Waals surface area contributed by atoms with Crippen LogP contribution in [0.2, 0.25) is 5.02 Å². The third-order valence-electron chi connectivity index (χ3n) is 4.40. The van der Waals surface area contributed by atoms with Gasteiger partial charge in [0.05, 0.1) is 18.1 Å². The number of carbonyl (C=O) groups excluding carboxylic acids is 1. The van der Waals surface area contributed by atoms with Crippen LogP contribution in [0.15, 0.2) is 65.1 Å². The second-order valence-corrected chi connectivity index (χ2v) is 8.53. The Morgan fingerprint density at radius 1 is 1.07 bits per heavy atom. The van der Waals surface area contributed by atoms with Crippen molar-refractivity contribution in [2.24, 2.45) is 0 Å². The van der Waals surface area contributed by atoms with Crippen LogP contribution in [0.25, 0.3) is 0 Å². The van der Waals surface area contributed by atoms with Crippen LogP contribution in [-0.4, -0.2) is 23.3 Å². The minimum Gasteiger partial charge on any atom is -0.494 e. The van der Waals surface area contributed by atoms with E-state index in [1.165, 1.54) is 0 Å². The molecule has 0 fully saturated rings. The summed E-state index contributed by atoms with van der Waals surface area (Å²) in [6, 6.07) is 18.4. The Morgan fingerprint density at radius 3 is 2.57 bits per heavy atom. The molecule has 158 valence electrons. The summed E-state index contributed by atoms with van der Waals surface area (Å²) in [5.41, 5.74) is 1.94. The topological polar surface area (TPSA) is 68.5 Å². The molecular formula is C23H24ClNO4S. The van der Waals surface area contributed by atoms with Crippen molar-refractivity contribution in [1.82, 2.24) is 5.32 Å². The maximum atomic E-state index is 12.4. The Kier molecular flexibility index (Phi) is 8.11.